The van der Waals surface area contributed by atoms with Crippen molar-refractivity contribution >= 4 is 18.0 Å². The molecule has 0 saturated carbocycles. The Balaban J connectivity index is 1.26. The zero-order chi connectivity index (χ0) is 23.8. The third-order valence-electron chi connectivity index (χ3n) is 6.76. The van der Waals surface area contributed by atoms with E-state index in [0.29, 0.717) is 13.0 Å². The molecule has 0 radical (unpaired) electrons. The third kappa shape index (κ3) is 4.32. The van der Waals surface area contributed by atoms with Crippen LogP contribution in [0.25, 0.3) is 11.1 Å². The van der Waals surface area contributed by atoms with Gasteiger partial charge in [-0.1, -0.05) is 69.3 Å². The molecule has 174 valence electrons. The van der Waals surface area contributed by atoms with Crippen LogP contribution in [0.4, 0.5) is 4.79 Å². The number of nitrogens with one attached hydrogen (secondary N) is 1. The Labute approximate surface area is 193 Å². The van der Waals surface area contributed by atoms with Gasteiger partial charge in [-0.2, -0.15) is 0 Å². The van der Waals surface area contributed by atoms with Gasteiger partial charge in [0.1, 0.15) is 12.6 Å². The Morgan fingerprint density at radius 3 is 2.21 bits per heavy atom. The summed E-state index contributed by atoms with van der Waals surface area (Å²) in [6.45, 7) is 6.38. The van der Waals surface area contributed by atoms with Crippen LogP contribution in [0.2, 0.25) is 0 Å². The molecule has 4 rings (SSSR count). The van der Waals surface area contributed by atoms with Crippen LogP contribution in [-0.2, 0) is 14.3 Å². The quantitative estimate of drug-likeness (QED) is 0.668. The van der Waals surface area contributed by atoms with E-state index in [-0.39, 0.29) is 25.0 Å². The molecule has 7 nitrogen and oxygen atoms in total. The van der Waals surface area contributed by atoms with Crippen LogP contribution < -0.4 is 5.32 Å². The van der Waals surface area contributed by atoms with Crippen LogP contribution in [0, 0.1) is 11.3 Å². The summed E-state index contributed by atoms with van der Waals surface area (Å²) in [4.78, 5) is 37.9. The predicted octanol–water partition coefficient (Wildman–Crippen LogP) is 3.87. The first kappa shape index (κ1) is 22.8. The maximum absolute atomic E-state index is 12.7. The number of carbonyl (C=O) groups excluding carboxylic acids is 2. The maximum Gasteiger partial charge on any atom is 0.407 e. The molecule has 2 atom stereocenters. The molecule has 1 heterocycles. The zero-order valence-corrected chi connectivity index (χ0v) is 19.2. The number of carboxylic acid groups (broad SMARTS) is 1. The Bertz CT molecular complexity index is 1030. The number of nitrogens with zero attached hydrogens (tertiary/aromatic N) is 1. The van der Waals surface area contributed by atoms with Gasteiger partial charge in [-0.25, -0.2) is 9.59 Å². The van der Waals surface area contributed by atoms with Gasteiger partial charge in [0.2, 0.25) is 5.91 Å². The number of carboxylic acids is 1. The highest BCUT2D eigenvalue weighted by Gasteiger charge is 2.52. The van der Waals surface area contributed by atoms with Gasteiger partial charge in [-0.05, 0) is 28.7 Å². The summed E-state index contributed by atoms with van der Waals surface area (Å²) in [6.07, 6.45) is -0.114. The summed E-state index contributed by atoms with van der Waals surface area (Å²) >= 11 is 0. The highest BCUT2D eigenvalue weighted by atomic mass is 16.5. The summed E-state index contributed by atoms with van der Waals surface area (Å²) in [6, 6.07) is 15.5. The highest BCUT2D eigenvalue weighted by Crippen LogP contribution is 2.44. The number of amides is 2. The second-order valence-corrected chi connectivity index (χ2v) is 9.64. The van der Waals surface area contributed by atoms with Crippen molar-refractivity contribution in [2.75, 3.05) is 19.7 Å². The molecule has 2 aliphatic rings. The highest BCUT2D eigenvalue weighted by molar-refractivity contribution is 5.87. The molecule has 2 aromatic carbocycles. The van der Waals surface area contributed by atoms with Crippen LogP contribution in [0.1, 0.15) is 44.2 Å². The number of aliphatic carboxylic acids is 1. The second-order valence-electron chi connectivity index (χ2n) is 9.64. The smallest absolute Gasteiger partial charge is 0.407 e. The minimum Gasteiger partial charge on any atom is -0.480 e. The van der Waals surface area contributed by atoms with E-state index in [1.165, 1.54) is 16.0 Å². The van der Waals surface area contributed by atoms with Crippen molar-refractivity contribution < 1.29 is 24.2 Å². The molecule has 2 N–H and O–H groups in total. The van der Waals surface area contributed by atoms with Crippen molar-refractivity contribution in [3.63, 3.8) is 0 Å². The molecule has 0 bridgehead atoms. The molecule has 1 fully saturated rings. The fourth-order valence-corrected chi connectivity index (χ4v) is 5.05. The minimum atomic E-state index is -0.983. The lowest BCUT2D eigenvalue weighted by atomic mass is 9.74. The van der Waals surface area contributed by atoms with Crippen molar-refractivity contribution in [2.24, 2.45) is 11.3 Å². The lowest BCUT2D eigenvalue weighted by molar-refractivity contribution is -0.173. The largest absolute Gasteiger partial charge is 0.480 e. The Kier molecular flexibility index (Phi) is 6.15. The monoisotopic (exact) mass is 450 g/mol. The van der Waals surface area contributed by atoms with E-state index in [2.05, 4.69) is 29.6 Å². The Morgan fingerprint density at radius 2 is 1.67 bits per heavy atom. The lowest BCUT2D eigenvalue weighted by Gasteiger charge is -2.52. The maximum atomic E-state index is 12.7. The molecule has 7 heteroatoms. The normalized spacial score (nSPS) is 19.1. The summed E-state index contributed by atoms with van der Waals surface area (Å²) in [5.41, 5.74) is 4.21. The number of carbonyl (C=O) groups is 3. The van der Waals surface area contributed by atoms with Crippen molar-refractivity contribution in [1.82, 2.24) is 10.2 Å². The van der Waals surface area contributed by atoms with Gasteiger partial charge < -0.3 is 20.1 Å². The fraction of sp³-hybridized carbons (Fsp3) is 0.423. The second kappa shape index (κ2) is 8.89. The average Bonchev–Trinajstić information content (AvgIpc) is 3.09. The van der Waals surface area contributed by atoms with E-state index >= 15 is 0 Å². The summed E-state index contributed by atoms with van der Waals surface area (Å²) in [5.74, 6) is -1.58. The third-order valence-corrected chi connectivity index (χ3v) is 6.76. The number of alkyl carbamates (subject to hydrolysis) is 1. The van der Waals surface area contributed by atoms with Crippen LogP contribution in [0.3, 0.4) is 0 Å². The molecule has 2 unspecified atom stereocenters. The molecule has 2 amide bonds. The van der Waals surface area contributed by atoms with Gasteiger partial charge in [-0.15, -0.1) is 0 Å². The minimum absolute atomic E-state index is 0.00799. The van der Waals surface area contributed by atoms with Gasteiger partial charge in [0, 0.05) is 30.3 Å². The number of likely N-dealkylation sites (tertiary alicyclic amines) is 1. The van der Waals surface area contributed by atoms with Gasteiger partial charge in [0.05, 0.1) is 0 Å². The van der Waals surface area contributed by atoms with Crippen molar-refractivity contribution in [1.29, 1.82) is 0 Å². The number of rotatable bonds is 7. The fourth-order valence-electron chi connectivity index (χ4n) is 5.05. The van der Waals surface area contributed by atoms with Crippen molar-refractivity contribution in [3.05, 3.63) is 59.7 Å². The zero-order valence-electron chi connectivity index (χ0n) is 19.2. The van der Waals surface area contributed by atoms with Crippen LogP contribution >= 0.6 is 0 Å². The predicted molar refractivity (Wildman–Crippen MR) is 124 cm³/mol. The van der Waals surface area contributed by atoms with Crippen LogP contribution in [0.5, 0.6) is 0 Å². The number of ether oxygens (including phenoxy) is 1. The Hall–Kier alpha value is -3.35. The summed E-state index contributed by atoms with van der Waals surface area (Å²) in [7, 11) is 0. The average molecular weight is 451 g/mol. The molecule has 1 aliphatic heterocycles. The molecular weight excluding hydrogens is 420 g/mol. The van der Waals surface area contributed by atoms with E-state index in [4.69, 9.17) is 4.74 Å². The first-order chi connectivity index (χ1) is 15.7. The first-order valence-corrected chi connectivity index (χ1v) is 11.3. The van der Waals surface area contributed by atoms with Gasteiger partial charge in [-0.3, -0.25) is 4.79 Å². The Morgan fingerprint density at radius 1 is 1.09 bits per heavy atom. The van der Waals surface area contributed by atoms with E-state index in [0.717, 1.165) is 11.1 Å². The standard InChI is InChI=1S/C26H30N2O5/c1-16(23(29)28-15-26(2,3)22(28)24(30)31)12-13-27-25(32)33-14-21-19-10-6-4-8-17(19)18-9-5-7-11-20(18)21/h4-11,16,21-22H,12-15H2,1-3H3,(H,27,32)(H,30,31). The number of hydrogen-bond donors (Lipinski definition) is 2. The summed E-state index contributed by atoms with van der Waals surface area (Å²) < 4.78 is 5.51. The number of hydrogen-bond acceptors (Lipinski definition) is 4. The topological polar surface area (TPSA) is 95.9 Å². The van der Waals surface area contributed by atoms with Crippen LogP contribution in [-0.4, -0.2) is 53.7 Å². The SMILES string of the molecule is CC(CCNC(=O)OCC1c2ccccc2-c2ccccc21)C(=O)N1CC(C)(C)C1C(=O)O. The molecule has 1 aliphatic carbocycles. The number of fused-ring (bicyclic) bond motifs is 3. The van der Waals surface area contributed by atoms with E-state index in [9.17, 15) is 19.5 Å². The molecule has 2 aromatic rings. The van der Waals surface area contributed by atoms with Gasteiger partial charge >= 0.3 is 12.1 Å². The summed E-state index contributed by atoms with van der Waals surface area (Å²) in [5, 5.41) is 12.1. The van der Waals surface area contributed by atoms with E-state index in [1.54, 1.807) is 6.92 Å². The first-order valence-electron chi connectivity index (χ1n) is 11.3. The molecule has 0 spiro atoms. The molecular formula is C26H30N2O5. The van der Waals surface area contributed by atoms with Crippen LogP contribution in [0.15, 0.2) is 48.5 Å². The van der Waals surface area contributed by atoms with Gasteiger partial charge in [0.25, 0.3) is 0 Å². The van der Waals surface area contributed by atoms with Gasteiger partial charge in [0.15, 0.2) is 0 Å². The van der Waals surface area contributed by atoms with Crippen molar-refractivity contribution in [2.45, 2.75) is 39.2 Å². The molecule has 33 heavy (non-hydrogen) atoms. The van der Waals surface area contributed by atoms with Crippen molar-refractivity contribution in [3.8, 4) is 11.1 Å². The number of benzene rings is 2. The molecule has 1 saturated heterocycles. The van der Waals surface area contributed by atoms with E-state index in [1.807, 2.05) is 38.1 Å². The lowest BCUT2D eigenvalue weighted by Crippen LogP contribution is -2.67. The molecule has 0 aromatic heterocycles. The van der Waals surface area contributed by atoms with E-state index < -0.39 is 29.4 Å².